The van der Waals surface area contributed by atoms with Crippen molar-refractivity contribution >= 4 is 34.8 Å². The molecule has 3 heteroatoms. The Morgan fingerprint density at radius 3 is 1.44 bits per heavy atom. The van der Waals surface area contributed by atoms with Crippen LogP contribution in [0.3, 0.4) is 0 Å². The van der Waals surface area contributed by atoms with Crippen molar-refractivity contribution in [3.8, 4) is 0 Å². The molecule has 0 N–H and O–H groups in total. The Morgan fingerprint density at radius 2 is 0.884 bits per heavy atom. The summed E-state index contributed by atoms with van der Waals surface area (Å²) >= 11 is 1.85. The molecule has 0 atom stereocenters. The van der Waals surface area contributed by atoms with Crippen LogP contribution in [0, 0.1) is 0 Å². The Bertz CT molecular complexity index is 1970. The van der Waals surface area contributed by atoms with Gasteiger partial charge in [0.2, 0.25) is 0 Å². The van der Waals surface area contributed by atoms with E-state index in [2.05, 4.69) is 105 Å². The fourth-order valence-electron chi connectivity index (χ4n) is 7.53. The molecule has 0 amide bonds. The lowest BCUT2D eigenvalue weighted by Gasteiger charge is -2.50. The highest BCUT2D eigenvalue weighted by molar-refractivity contribution is 7.99. The molecule has 1 aliphatic carbocycles. The molecule has 1 spiro atoms. The summed E-state index contributed by atoms with van der Waals surface area (Å²) in [6.45, 7) is 4.67. The van der Waals surface area contributed by atoms with Crippen LogP contribution in [0.1, 0.15) is 47.2 Å². The Morgan fingerprint density at radius 1 is 0.442 bits per heavy atom. The van der Waals surface area contributed by atoms with Gasteiger partial charge in [-0.15, -0.1) is 0 Å². The minimum absolute atomic E-state index is 0.242. The molecule has 0 unspecified atom stereocenters. The molecule has 1 aliphatic heterocycles. The highest BCUT2D eigenvalue weighted by atomic mass is 32.2. The Labute approximate surface area is 258 Å². The van der Waals surface area contributed by atoms with Crippen LogP contribution in [0.25, 0.3) is 0 Å². The molecule has 0 radical (unpaired) electrons. The topological polar surface area (TPSA) is 17.1 Å². The van der Waals surface area contributed by atoms with Crippen LogP contribution < -0.4 is 15.9 Å². The van der Waals surface area contributed by atoms with Crippen LogP contribution in [0.4, 0.5) is 0 Å². The summed E-state index contributed by atoms with van der Waals surface area (Å²) in [5.41, 5.74) is 6.92. The van der Waals surface area contributed by atoms with Gasteiger partial charge in [0.15, 0.2) is 7.14 Å². The van der Waals surface area contributed by atoms with Gasteiger partial charge in [-0.25, -0.2) is 0 Å². The van der Waals surface area contributed by atoms with E-state index in [1.165, 1.54) is 43.2 Å². The first kappa shape index (κ1) is 26.5. The summed E-state index contributed by atoms with van der Waals surface area (Å²) < 4.78 is 15.7. The first-order chi connectivity index (χ1) is 21.0. The smallest absolute Gasteiger partial charge is 0.171 e. The highest BCUT2D eigenvalue weighted by Gasteiger charge is 2.52. The van der Waals surface area contributed by atoms with Gasteiger partial charge in [0.05, 0.1) is 5.41 Å². The molecule has 208 valence electrons. The summed E-state index contributed by atoms with van der Waals surface area (Å²) in [7, 11) is -3.19. The zero-order chi connectivity index (χ0) is 29.2. The predicted octanol–water partition coefficient (Wildman–Crippen LogP) is 8.81. The highest BCUT2D eigenvalue weighted by Crippen LogP contribution is 2.61. The Kier molecular flexibility index (Phi) is 5.99. The molecule has 2 aliphatic rings. The van der Waals surface area contributed by atoms with Gasteiger partial charge in [0.25, 0.3) is 0 Å². The van der Waals surface area contributed by atoms with Gasteiger partial charge in [-0.1, -0.05) is 159 Å². The van der Waals surface area contributed by atoms with Crippen molar-refractivity contribution in [2.24, 2.45) is 0 Å². The van der Waals surface area contributed by atoms with Crippen LogP contribution in [0.15, 0.2) is 161 Å². The molecule has 0 bridgehead atoms. The fourth-order valence-corrected chi connectivity index (χ4v) is 11.4. The molecule has 1 heterocycles. The quantitative estimate of drug-likeness (QED) is 0.191. The Balaban J connectivity index is 1.53. The third-order valence-corrected chi connectivity index (χ3v) is 13.7. The lowest BCUT2D eigenvalue weighted by atomic mass is 9.54. The second kappa shape index (κ2) is 9.71. The first-order valence-electron chi connectivity index (χ1n) is 14.8. The van der Waals surface area contributed by atoms with Crippen LogP contribution in [-0.2, 0) is 15.4 Å². The molecule has 0 saturated carbocycles. The normalized spacial score (nSPS) is 15.6. The molecular formula is C40H31OPS. The van der Waals surface area contributed by atoms with Crippen molar-refractivity contribution in [1.29, 1.82) is 0 Å². The maximum Gasteiger partial charge on any atom is 0.171 e. The average molecular weight is 591 g/mol. The zero-order valence-electron chi connectivity index (χ0n) is 24.2. The van der Waals surface area contributed by atoms with E-state index in [-0.39, 0.29) is 5.41 Å². The van der Waals surface area contributed by atoms with E-state index in [1.807, 2.05) is 72.4 Å². The molecule has 6 aromatic rings. The first-order valence-corrected chi connectivity index (χ1v) is 17.3. The number of hydrogen-bond acceptors (Lipinski definition) is 2. The summed E-state index contributed by atoms with van der Waals surface area (Å²) in [5.74, 6) is 0. The monoisotopic (exact) mass is 590 g/mol. The van der Waals surface area contributed by atoms with E-state index in [9.17, 15) is 0 Å². The van der Waals surface area contributed by atoms with Crippen LogP contribution in [-0.4, -0.2) is 0 Å². The SMILES string of the molecule is CC1(C)c2ccccc2C2(c3ccccc3Sc3ccccc32)c2cc(P(=O)(c3ccccc3)c3ccccc3)ccc21. The van der Waals surface area contributed by atoms with Crippen molar-refractivity contribution in [2.45, 2.75) is 34.5 Å². The van der Waals surface area contributed by atoms with Crippen molar-refractivity contribution in [3.63, 3.8) is 0 Å². The van der Waals surface area contributed by atoms with E-state index in [4.69, 9.17) is 0 Å². The molecule has 43 heavy (non-hydrogen) atoms. The van der Waals surface area contributed by atoms with Crippen LogP contribution >= 0.6 is 18.9 Å². The third kappa shape index (κ3) is 3.64. The van der Waals surface area contributed by atoms with Crippen molar-refractivity contribution in [1.82, 2.24) is 0 Å². The maximum absolute atomic E-state index is 15.7. The summed E-state index contributed by atoms with van der Waals surface area (Å²) in [6.07, 6.45) is 0. The lowest BCUT2D eigenvalue weighted by Crippen LogP contribution is -2.44. The molecule has 0 saturated heterocycles. The van der Waals surface area contributed by atoms with Gasteiger partial charge in [-0.3, -0.25) is 0 Å². The largest absolute Gasteiger partial charge is 0.309 e. The van der Waals surface area contributed by atoms with Crippen molar-refractivity contribution in [2.75, 3.05) is 0 Å². The molecular weight excluding hydrogens is 559 g/mol. The van der Waals surface area contributed by atoms with Gasteiger partial charge in [-0.2, -0.15) is 0 Å². The van der Waals surface area contributed by atoms with Gasteiger partial charge in [-0.05, 0) is 51.6 Å². The molecule has 8 rings (SSSR count). The molecule has 1 nitrogen and oxygen atoms in total. The molecule has 0 fully saturated rings. The van der Waals surface area contributed by atoms with E-state index in [0.29, 0.717) is 0 Å². The number of hydrogen-bond donors (Lipinski definition) is 0. The van der Waals surface area contributed by atoms with Crippen molar-refractivity contribution < 1.29 is 4.57 Å². The summed E-state index contributed by atoms with van der Waals surface area (Å²) in [6, 6.07) is 53.5. The minimum Gasteiger partial charge on any atom is -0.309 e. The van der Waals surface area contributed by atoms with Crippen molar-refractivity contribution in [3.05, 3.63) is 185 Å². The van der Waals surface area contributed by atoms with E-state index >= 15 is 4.57 Å². The fraction of sp³-hybridized carbons (Fsp3) is 0.100. The number of benzene rings is 6. The van der Waals surface area contributed by atoms with Crippen LogP contribution in [0.5, 0.6) is 0 Å². The predicted molar refractivity (Wildman–Crippen MR) is 180 cm³/mol. The molecule has 6 aromatic carbocycles. The zero-order valence-corrected chi connectivity index (χ0v) is 25.9. The van der Waals surface area contributed by atoms with Gasteiger partial charge in [0, 0.05) is 31.1 Å². The summed E-state index contributed by atoms with van der Waals surface area (Å²) in [4.78, 5) is 2.53. The van der Waals surface area contributed by atoms with Crippen LogP contribution in [0.2, 0.25) is 0 Å². The second-order valence-corrected chi connectivity index (χ2v) is 15.9. The van der Waals surface area contributed by atoms with E-state index in [1.54, 1.807) is 0 Å². The Hall–Kier alpha value is -4.10. The maximum atomic E-state index is 15.7. The van der Waals surface area contributed by atoms with E-state index in [0.717, 1.165) is 15.9 Å². The van der Waals surface area contributed by atoms with Gasteiger partial charge in [0.1, 0.15) is 0 Å². The standard InChI is InChI=1S/C40H31OPS/c1-39(2)31-19-9-10-20-33(31)40(34-21-11-13-23-37(34)43-38-24-14-12-22-35(38)40)36-27-30(25-26-32(36)39)42(41,28-15-5-3-6-16-28)29-17-7-4-8-18-29/h3-27H,1-2H3. The second-order valence-electron chi connectivity index (χ2n) is 12.0. The third-order valence-electron chi connectivity index (χ3n) is 9.49. The average Bonchev–Trinajstić information content (AvgIpc) is 3.07. The summed E-state index contributed by atoms with van der Waals surface area (Å²) in [5, 5.41) is 2.57. The van der Waals surface area contributed by atoms with Gasteiger partial charge >= 0.3 is 0 Å². The number of fused-ring (bicyclic) bond motifs is 8. The van der Waals surface area contributed by atoms with Gasteiger partial charge < -0.3 is 4.57 Å². The lowest BCUT2D eigenvalue weighted by molar-refractivity contribution is 0.549. The van der Waals surface area contributed by atoms with E-state index < -0.39 is 12.6 Å². The molecule has 0 aromatic heterocycles. The minimum atomic E-state index is -3.19. The number of rotatable bonds is 3.